The van der Waals surface area contributed by atoms with Crippen LogP contribution < -0.4 is 0 Å². The number of carbonyl (C=O) groups excluding carboxylic acids is 1. The molecule has 0 saturated carbocycles. The Morgan fingerprint density at radius 3 is 2.38 bits per heavy atom. The second kappa shape index (κ2) is 12.8. The van der Waals surface area contributed by atoms with Crippen LogP contribution in [0.4, 0.5) is 10.5 Å². The Labute approximate surface area is 236 Å². The van der Waals surface area contributed by atoms with Crippen molar-refractivity contribution >= 4 is 40.4 Å². The van der Waals surface area contributed by atoms with Gasteiger partial charge in [0.25, 0.3) is 0 Å². The molecule has 40 heavy (non-hydrogen) atoms. The minimum Gasteiger partial charge on any atom is -0.493 e. The number of hydrogen-bond acceptors (Lipinski definition) is 6. The van der Waals surface area contributed by atoms with Crippen molar-refractivity contribution in [3.05, 3.63) is 89.5 Å². The van der Waals surface area contributed by atoms with E-state index in [1.54, 1.807) is 28.8 Å². The van der Waals surface area contributed by atoms with Gasteiger partial charge in [-0.3, -0.25) is 0 Å². The number of carboxylic acid groups (broad SMARTS) is 1. The molecular formula is C30H30N4O5S. The van der Waals surface area contributed by atoms with Crippen LogP contribution in [0.2, 0.25) is 0 Å². The van der Waals surface area contributed by atoms with Gasteiger partial charge in [0.2, 0.25) is 5.88 Å². The summed E-state index contributed by atoms with van der Waals surface area (Å²) in [6, 6.07) is 22.5. The first kappa shape index (κ1) is 27.4. The van der Waals surface area contributed by atoms with Crippen molar-refractivity contribution in [2.24, 2.45) is 10.2 Å². The Kier molecular flexibility index (Phi) is 8.78. The molecule has 1 aliphatic rings. The Morgan fingerprint density at radius 2 is 1.65 bits per heavy atom. The summed E-state index contributed by atoms with van der Waals surface area (Å²) in [4.78, 5) is 26.3. The normalized spacial score (nSPS) is 13.8. The number of azo groups is 1. The zero-order valence-electron chi connectivity index (χ0n) is 21.9. The number of hydrogen-bond donors (Lipinski definition) is 2. The van der Waals surface area contributed by atoms with Crippen molar-refractivity contribution in [1.29, 1.82) is 0 Å². The summed E-state index contributed by atoms with van der Waals surface area (Å²) in [5.41, 5.74) is 3.57. The van der Waals surface area contributed by atoms with Crippen LogP contribution in [-0.2, 0) is 24.1 Å². The largest absolute Gasteiger partial charge is 0.493 e. The number of aromatic carboxylic acids is 1. The van der Waals surface area contributed by atoms with E-state index in [1.165, 1.54) is 0 Å². The maximum Gasteiger partial charge on any atom is 0.362 e. The third-order valence-corrected chi connectivity index (χ3v) is 7.82. The lowest BCUT2D eigenvalue weighted by molar-refractivity contribution is 0.0552. The number of nitrogens with zero attached hydrogens (tertiary/aromatic N) is 4. The number of thioether (sulfide) groups is 1. The average Bonchev–Trinajstić information content (AvgIpc) is 3.25. The molecule has 2 N–H and O–H groups in total. The molecule has 1 fully saturated rings. The number of amides is 2. The van der Waals surface area contributed by atoms with Crippen molar-refractivity contribution in [2.45, 2.75) is 24.3 Å². The molecule has 1 aliphatic heterocycles. The highest BCUT2D eigenvalue weighted by molar-refractivity contribution is 7.99. The molecule has 0 unspecified atom stereocenters. The Balaban J connectivity index is 1.37. The standard InChI is InChI=1S/C30H30N4O5S/c35-28-27(31-32-30(38)33-15-17-39-18-16-33)25-20-24(40-19-13-22-6-8-23(9-7-22)29(36)37)10-11-26(25)34(28)14-12-21-4-2-1-3-5-21/h1-11,20,35H,12-19H2,(H,36,37). The number of aromatic nitrogens is 1. The molecule has 0 radical (unpaired) electrons. The average molecular weight is 559 g/mol. The highest BCUT2D eigenvalue weighted by Gasteiger charge is 2.20. The number of carbonyl (C=O) groups is 2. The van der Waals surface area contributed by atoms with Crippen LogP contribution in [0.15, 0.2) is 87.9 Å². The molecule has 0 bridgehead atoms. The number of carboxylic acids is 1. The lowest BCUT2D eigenvalue weighted by atomic mass is 10.1. The van der Waals surface area contributed by atoms with E-state index in [-0.39, 0.29) is 17.1 Å². The third kappa shape index (κ3) is 6.52. The van der Waals surface area contributed by atoms with Crippen molar-refractivity contribution in [3.63, 3.8) is 0 Å². The molecule has 0 atom stereocenters. The molecule has 0 aliphatic carbocycles. The van der Waals surface area contributed by atoms with Crippen LogP contribution in [0.5, 0.6) is 5.88 Å². The number of urea groups is 1. The van der Waals surface area contributed by atoms with Crippen LogP contribution >= 0.6 is 11.8 Å². The van der Waals surface area contributed by atoms with E-state index in [9.17, 15) is 14.7 Å². The van der Waals surface area contributed by atoms with Crippen molar-refractivity contribution in [3.8, 4) is 5.88 Å². The van der Waals surface area contributed by atoms with Crippen LogP contribution in [0.1, 0.15) is 21.5 Å². The molecule has 2 amide bonds. The van der Waals surface area contributed by atoms with Gasteiger partial charge in [-0.05, 0) is 54.3 Å². The highest BCUT2D eigenvalue weighted by atomic mass is 32.2. The fourth-order valence-electron chi connectivity index (χ4n) is 4.61. The van der Waals surface area contributed by atoms with E-state index in [4.69, 9.17) is 9.84 Å². The molecular weight excluding hydrogens is 528 g/mol. The summed E-state index contributed by atoms with van der Waals surface area (Å²) in [6.45, 7) is 2.40. The SMILES string of the molecule is O=C(O)c1ccc(CCSc2ccc3c(c2)c(N=NC(=O)N2CCOCC2)c(O)n3CCc2ccccc2)cc1. The summed E-state index contributed by atoms with van der Waals surface area (Å²) in [5.74, 6) is -0.178. The van der Waals surface area contributed by atoms with E-state index >= 15 is 0 Å². The summed E-state index contributed by atoms with van der Waals surface area (Å²) in [7, 11) is 0. The van der Waals surface area contributed by atoms with E-state index in [0.717, 1.165) is 45.5 Å². The van der Waals surface area contributed by atoms with Crippen molar-refractivity contribution < 1.29 is 24.5 Å². The maximum atomic E-state index is 12.6. The number of benzene rings is 3. The van der Waals surface area contributed by atoms with Gasteiger partial charge in [0.05, 0.1) is 24.3 Å². The number of aryl methyl sites for hydroxylation is 3. The van der Waals surface area contributed by atoms with E-state index in [0.29, 0.717) is 32.8 Å². The molecule has 10 heteroatoms. The minimum atomic E-state index is -0.937. The molecule has 1 saturated heterocycles. The van der Waals surface area contributed by atoms with Crippen LogP contribution in [0.25, 0.3) is 10.9 Å². The summed E-state index contributed by atoms with van der Waals surface area (Å²) >= 11 is 1.65. The van der Waals surface area contributed by atoms with E-state index in [2.05, 4.69) is 10.2 Å². The molecule has 206 valence electrons. The fourth-order valence-corrected chi connectivity index (χ4v) is 5.55. The van der Waals surface area contributed by atoms with Gasteiger partial charge in [0, 0.05) is 35.7 Å². The Hall–Kier alpha value is -4.15. The lowest BCUT2D eigenvalue weighted by Gasteiger charge is -2.24. The monoisotopic (exact) mass is 558 g/mol. The zero-order valence-corrected chi connectivity index (χ0v) is 22.7. The smallest absolute Gasteiger partial charge is 0.362 e. The van der Waals surface area contributed by atoms with Gasteiger partial charge in [-0.1, -0.05) is 47.6 Å². The Bertz CT molecular complexity index is 1510. The molecule has 5 rings (SSSR count). The lowest BCUT2D eigenvalue weighted by Crippen LogP contribution is -2.39. The highest BCUT2D eigenvalue weighted by Crippen LogP contribution is 2.41. The first-order valence-electron chi connectivity index (χ1n) is 13.1. The van der Waals surface area contributed by atoms with Gasteiger partial charge in [0.1, 0.15) is 0 Å². The van der Waals surface area contributed by atoms with Crippen molar-refractivity contribution in [2.75, 3.05) is 32.1 Å². The van der Waals surface area contributed by atoms with Gasteiger partial charge < -0.3 is 24.4 Å². The van der Waals surface area contributed by atoms with Gasteiger partial charge in [-0.2, -0.15) is 0 Å². The van der Waals surface area contributed by atoms with E-state index in [1.807, 2.05) is 65.2 Å². The molecule has 3 aromatic carbocycles. The fraction of sp³-hybridized carbons (Fsp3) is 0.267. The van der Waals surface area contributed by atoms with Crippen LogP contribution in [0, 0.1) is 0 Å². The minimum absolute atomic E-state index is 0.0230. The van der Waals surface area contributed by atoms with Crippen molar-refractivity contribution in [1.82, 2.24) is 9.47 Å². The van der Waals surface area contributed by atoms with Gasteiger partial charge in [-0.15, -0.1) is 16.9 Å². The van der Waals surface area contributed by atoms with E-state index < -0.39 is 12.0 Å². The predicted octanol–water partition coefficient (Wildman–Crippen LogP) is 6.16. The Morgan fingerprint density at radius 1 is 0.925 bits per heavy atom. The van der Waals surface area contributed by atoms with Crippen LogP contribution in [0.3, 0.4) is 0 Å². The molecule has 2 heterocycles. The number of aromatic hydroxyl groups is 1. The van der Waals surface area contributed by atoms with Gasteiger partial charge >= 0.3 is 12.0 Å². The summed E-state index contributed by atoms with van der Waals surface area (Å²) in [6.07, 6.45) is 1.49. The number of ether oxygens (including phenoxy) is 1. The first-order valence-corrected chi connectivity index (χ1v) is 14.1. The molecule has 1 aromatic heterocycles. The maximum absolute atomic E-state index is 12.6. The molecule has 4 aromatic rings. The van der Waals surface area contributed by atoms with Gasteiger partial charge in [0.15, 0.2) is 5.69 Å². The molecule has 9 nitrogen and oxygen atoms in total. The quantitative estimate of drug-likeness (QED) is 0.188. The number of fused-ring (bicyclic) bond motifs is 1. The van der Waals surface area contributed by atoms with Crippen LogP contribution in [-0.4, -0.2) is 63.7 Å². The first-order chi connectivity index (χ1) is 19.5. The van der Waals surface area contributed by atoms with Gasteiger partial charge in [-0.25, -0.2) is 9.59 Å². The topological polar surface area (TPSA) is 117 Å². The summed E-state index contributed by atoms with van der Waals surface area (Å²) in [5, 5.41) is 29.2. The third-order valence-electron chi connectivity index (χ3n) is 6.83. The predicted molar refractivity (Wildman–Crippen MR) is 154 cm³/mol. The second-order valence-corrected chi connectivity index (χ2v) is 10.6. The molecule has 0 spiro atoms. The number of rotatable bonds is 9. The summed E-state index contributed by atoms with van der Waals surface area (Å²) < 4.78 is 7.12. The number of morpholine rings is 1. The second-order valence-electron chi connectivity index (χ2n) is 9.42. The zero-order chi connectivity index (χ0) is 27.9.